The summed E-state index contributed by atoms with van der Waals surface area (Å²) < 4.78 is 5.40. The average Bonchev–Trinajstić information content (AvgIpc) is 2.67. The Bertz CT molecular complexity index is 405. The molecule has 1 saturated heterocycles. The van der Waals surface area contributed by atoms with Crippen molar-refractivity contribution < 1.29 is 9.53 Å². The molecule has 1 aliphatic heterocycles. The molecule has 1 aliphatic rings. The third-order valence-electron chi connectivity index (χ3n) is 3.10. The molecule has 1 aromatic rings. The van der Waals surface area contributed by atoms with Gasteiger partial charge in [0, 0.05) is 24.8 Å². The Labute approximate surface area is 114 Å². The van der Waals surface area contributed by atoms with E-state index in [2.05, 4.69) is 24.8 Å². The predicted octanol–water partition coefficient (Wildman–Crippen LogP) is 2.16. The maximum Gasteiger partial charge on any atom is 0.223 e. The summed E-state index contributed by atoms with van der Waals surface area (Å²) in [5.74, 6) is 1.12. The van der Waals surface area contributed by atoms with Gasteiger partial charge in [0.2, 0.25) is 5.91 Å². The molecule has 0 N–H and O–H groups in total. The molecule has 0 radical (unpaired) electrons. The summed E-state index contributed by atoms with van der Waals surface area (Å²) in [6.45, 7) is 4.22. The van der Waals surface area contributed by atoms with Crippen molar-refractivity contribution in [3.63, 3.8) is 0 Å². The Morgan fingerprint density at radius 2 is 2.11 bits per heavy atom. The van der Waals surface area contributed by atoms with Gasteiger partial charge in [0.1, 0.15) is 5.75 Å². The zero-order chi connectivity index (χ0) is 13.0. The average molecular weight is 265 g/mol. The van der Waals surface area contributed by atoms with E-state index < -0.39 is 0 Å². The normalized spacial score (nSPS) is 19.3. The SMILES string of the molecule is CCOc1ccc(CCN2CC(S)CC2=O)cc1. The number of hydrogen-bond acceptors (Lipinski definition) is 3. The molecule has 0 saturated carbocycles. The summed E-state index contributed by atoms with van der Waals surface area (Å²) in [5.41, 5.74) is 1.23. The fourth-order valence-corrected chi connectivity index (χ4v) is 2.50. The van der Waals surface area contributed by atoms with E-state index in [1.807, 2.05) is 24.0 Å². The lowest BCUT2D eigenvalue weighted by molar-refractivity contribution is -0.127. The van der Waals surface area contributed by atoms with Gasteiger partial charge in [-0.2, -0.15) is 12.6 Å². The highest BCUT2D eigenvalue weighted by Gasteiger charge is 2.26. The van der Waals surface area contributed by atoms with Gasteiger partial charge in [-0.05, 0) is 31.0 Å². The molecule has 1 heterocycles. The maximum atomic E-state index is 11.6. The molecule has 0 bridgehead atoms. The molecule has 0 spiro atoms. The first-order valence-corrected chi connectivity index (χ1v) is 6.88. The van der Waals surface area contributed by atoms with E-state index in [0.29, 0.717) is 13.0 Å². The highest BCUT2D eigenvalue weighted by atomic mass is 32.1. The fraction of sp³-hybridized carbons (Fsp3) is 0.500. The van der Waals surface area contributed by atoms with E-state index in [0.717, 1.165) is 25.3 Å². The van der Waals surface area contributed by atoms with Crippen LogP contribution in [0.25, 0.3) is 0 Å². The molecule has 1 unspecified atom stereocenters. The van der Waals surface area contributed by atoms with Crippen LogP contribution in [-0.2, 0) is 11.2 Å². The van der Waals surface area contributed by atoms with Gasteiger partial charge >= 0.3 is 0 Å². The van der Waals surface area contributed by atoms with E-state index in [9.17, 15) is 4.79 Å². The lowest BCUT2D eigenvalue weighted by Crippen LogP contribution is -2.27. The van der Waals surface area contributed by atoms with Gasteiger partial charge in [-0.1, -0.05) is 12.1 Å². The molecular weight excluding hydrogens is 246 g/mol. The van der Waals surface area contributed by atoms with Crippen molar-refractivity contribution in [2.75, 3.05) is 19.7 Å². The lowest BCUT2D eigenvalue weighted by atomic mass is 10.1. The molecule has 2 rings (SSSR count). The maximum absolute atomic E-state index is 11.6. The molecular formula is C14H19NO2S. The second-order valence-corrected chi connectivity index (χ2v) is 5.25. The lowest BCUT2D eigenvalue weighted by Gasteiger charge is -2.15. The first-order valence-electron chi connectivity index (χ1n) is 6.36. The zero-order valence-corrected chi connectivity index (χ0v) is 11.5. The Hall–Kier alpha value is -1.16. The summed E-state index contributed by atoms with van der Waals surface area (Å²) in [7, 11) is 0. The number of benzene rings is 1. The monoisotopic (exact) mass is 265 g/mol. The smallest absolute Gasteiger partial charge is 0.223 e. The van der Waals surface area contributed by atoms with E-state index in [4.69, 9.17) is 4.74 Å². The van der Waals surface area contributed by atoms with Crippen LogP contribution < -0.4 is 4.74 Å². The van der Waals surface area contributed by atoms with E-state index in [1.165, 1.54) is 5.56 Å². The Balaban J connectivity index is 1.84. The molecule has 1 fully saturated rings. The van der Waals surface area contributed by atoms with Crippen molar-refractivity contribution >= 4 is 18.5 Å². The van der Waals surface area contributed by atoms with E-state index >= 15 is 0 Å². The van der Waals surface area contributed by atoms with Crippen LogP contribution in [0.1, 0.15) is 18.9 Å². The Morgan fingerprint density at radius 3 is 2.67 bits per heavy atom. The molecule has 18 heavy (non-hydrogen) atoms. The van der Waals surface area contributed by atoms with Crippen molar-refractivity contribution in [2.24, 2.45) is 0 Å². The van der Waals surface area contributed by atoms with Crippen molar-refractivity contribution in [1.29, 1.82) is 0 Å². The minimum Gasteiger partial charge on any atom is -0.494 e. The highest BCUT2D eigenvalue weighted by Crippen LogP contribution is 2.17. The van der Waals surface area contributed by atoms with E-state index in [1.54, 1.807) is 0 Å². The van der Waals surface area contributed by atoms with E-state index in [-0.39, 0.29) is 11.2 Å². The highest BCUT2D eigenvalue weighted by molar-refractivity contribution is 7.81. The second kappa shape index (κ2) is 6.14. The number of thiol groups is 1. The fourth-order valence-electron chi connectivity index (χ4n) is 2.15. The van der Waals surface area contributed by atoms with Crippen molar-refractivity contribution in [3.8, 4) is 5.75 Å². The molecule has 4 heteroatoms. The Kier molecular flexibility index (Phi) is 4.53. The van der Waals surface area contributed by atoms with Gasteiger partial charge in [-0.3, -0.25) is 4.79 Å². The Morgan fingerprint density at radius 1 is 1.39 bits per heavy atom. The largest absolute Gasteiger partial charge is 0.494 e. The van der Waals surface area contributed by atoms with Crippen molar-refractivity contribution in [1.82, 2.24) is 4.90 Å². The van der Waals surface area contributed by atoms with Gasteiger partial charge in [0.25, 0.3) is 0 Å². The number of carbonyl (C=O) groups is 1. The number of amides is 1. The van der Waals surface area contributed by atoms with Crippen molar-refractivity contribution in [2.45, 2.75) is 25.0 Å². The van der Waals surface area contributed by atoms with Crippen LogP contribution in [-0.4, -0.2) is 35.8 Å². The van der Waals surface area contributed by atoms with Crippen LogP contribution in [0.5, 0.6) is 5.75 Å². The molecule has 0 aromatic heterocycles. The van der Waals surface area contributed by atoms with Crippen LogP contribution in [0, 0.1) is 0 Å². The molecule has 1 amide bonds. The van der Waals surface area contributed by atoms with Crippen LogP contribution in [0.15, 0.2) is 24.3 Å². The molecule has 98 valence electrons. The molecule has 0 aliphatic carbocycles. The summed E-state index contributed by atoms with van der Waals surface area (Å²) in [4.78, 5) is 13.5. The van der Waals surface area contributed by atoms with Gasteiger partial charge in [-0.15, -0.1) is 0 Å². The topological polar surface area (TPSA) is 29.5 Å². The van der Waals surface area contributed by atoms with Crippen LogP contribution in [0.3, 0.4) is 0 Å². The van der Waals surface area contributed by atoms with Gasteiger partial charge < -0.3 is 9.64 Å². The number of carbonyl (C=O) groups excluding carboxylic acids is 1. The van der Waals surface area contributed by atoms with Crippen LogP contribution in [0.2, 0.25) is 0 Å². The third kappa shape index (κ3) is 3.42. The standard InChI is InChI=1S/C14H19NO2S/c1-2-17-12-5-3-11(4-6-12)7-8-15-10-13(18)9-14(15)16/h3-6,13,18H,2,7-10H2,1H3. The quantitative estimate of drug-likeness (QED) is 0.827. The molecule has 3 nitrogen and oxygen atoms in total. The molecule has 1 aromatic carbocycles. The van der Waals surface area contributed by atoms with Gasteiger partial charge in [0.05, 0.1) is 6.61 Å². The summed E-state index contributed by atoms with van der Waals surface area (Å²) in [5, 5.41) is 0.206. The number of nitrogens with zero attached hydrogens (tertiary/aromatic N) is 1. The van der Waals surface area contributed by atoms with Crippen LogP contribution >= 0.6 is 12.6 Å². The third-order valence-corrected chi connectivity index (χ3v) is 3.44. The summed E-state index contributed by atoms with van der Waals surface area (Å²) >= 11 is 4.35. The van der Waals surface area contributed by atoms with Gasteiger partial charge in [-0.25, -0.2) is 0 Å². The number of likely N-dealkylation sites (tertiary alicyclic amines) is 1. The number of ether oxygens (including phenoxy) is 1. The number of rotatable bonds is 5. The minimum absolute atomic E-state index is 0.206. The minimum atomic E-state index is 0.206. The zero-order valence-electron chi connectivity index (χ0n) is 10.6. The van der Waals surface area contributed by atoms with Crippen molar-refractivity contribution in [3.05, 3.63) is 29.8 Å². The molecule has 1 atom stereocenters. The van der Waals surface area contributed by atoms with Gasteiger partial charge in [0.15, 0.2) is 0 Å². The van der Waals surface area contributed by atoms with Crippen LogP contribution in [0.4, 0.5) is 0 Å². The summed E-state index contributed by atoms with van der Waals surface area (Å²) in [6, 6.07) is 8.07. The number of hydrogen-bond donors (Lipinski definition) is 1. The first kappa shape index (κ1) is 13.3. The predicted molar refractivity (Wildman–Crippen MR) is 75.3 cm³/mol. The second-order valence-electron chi connectivity index (χ2n) is 4.52. The first-order chi connectivity index (χ1) is 8.69. The summed E-state index contributed by atoms with van der Waals surface area (Å²) in [6.07, 6.45) is 1.46.